The van der Waals surface area contributed by atoms with Gasteiger partial charge in [0.2, 0.25) is 5.91 Å². The molecule has 7 heteroatoms. The van der Waals surface area contributed by atoms with Gasteiger partial charge in [-0.15, -0.1) is 0 Å². The second kappa shape index (κ2) is 10.5. The van der Waals surface area contributed by atoms with Crippen molar-refractivity contribution >= 4 is 28.5 Å². The number of hydrogen-bond acceptors (Lipinski definition) is 4. The van der Waals surface area contributed by atoms with Crippen molar-refractivity contribution in [2.75, 3.05) is 32.5 Å². The number of anilines is 1. The van der Waals surface area contributed by atoms with Crippen molar-refractivity contribution in [1.82, 2.24) is 19.4 Å². The second-order valence-electron chi connectivity index (χ2n) is 11.4. The molecule has 0 aliphatic carbocycles. The van der Waals surface area contributed by atoms with Gasteiger partial charge in [-0.3, -0.25) is 14.5 Å². The lowest BCUT2D eigenvalue weighted by Crippen LogP contribution is -2.33. The molecule has 6 rings (SSSR count). The lowest BCUT2D eigenvalue weighted by molar-refractivity contribution is -0.117. The van der Waals surface area contributed by atoms with Crippen molar-refractivity contribution < 1.29 is 9.59 Å². The van der Waals surface area contributed by atoms with Crippen LogP contribution in [0.15, 0.2) is 60.8 Å². The summed E-state index contributed by atoms with van der Waals surface area (Å²) in [6.45, 7) is 5.02. The van der Waals surface area contributed by atoms with Gasteiger partial charge in [0.05, 0.1) is 5.92 Å². The summed E-state index contributed by atoms with van der Waals surface area (Å²) in [5, 5.41) is 4.17. The van der Waals surface area contributed by atoms with E-state index in [9.17, 15) is 9.59 Å². The molecular formula is C33H37N5O2. The average Bonchev–Trinajstić information content (AvgIpc) is 3.47. The molecule has 1 saturated heterocycles. The number of carbonyl (C=O) groups excluding carboxylic acids is 2. The lowest BCUT2D eigenvalue weighted by Gasteiger charge is -2.32. The maximum absolute atomic E-state index is 12.4. The first-order valence-electron chi connectivity index (χ1n) is 14.3. The minimum atomic E-state index is -0.0833. The van der Waals surface area contributed by atoms with Crippen LogP contribution in [0.3, 0.4) is 0 Å². The quantitative estimate of drug-likeness (QED) is 0.340. The molecule has 2 amide bonds. The highest BCUT2D eigenvalue weighted by atomic mass is 16.2. The first-order valence-corrected chi connectivity index (χ1v) is 14.3. The number of nitrogens with zero attached hydrogens (tertiary/aromatic N) is 4. The van der Waals surface area contributed by atoms with Crippen LogP contribution in [0.4, 0.5) is 5.69 Å². The maximum Gasteiger partial charge on any atom is 0.253 e. The Labute approximate surface area is 235 Å². The molecule has 2 aliphatic rings. The van der Waals surface area contributed by atoms with Crippen molar-refractivity contribution in [2.24, 2.45) is 7.05 Å². The Kier molecular flexibility index (Phi) is 6.92. The van der Waals surface area contributed by atoms with Gasteiger partial charge in [-0.2, -0.15) is 0 Å². The Morgan fingerprint density at radius 3 is 2.50 bits per heavy atom. The Morgan fingerprint density at radius 2 is 1.80 bits per heavy atom. The standard InChI is InChI=1S/C33H37N5O2/c1-5-26-28-18-24(10-11-30(28)35-32(26)39)27-12-15-34-31-29(27)19-25(37(31)4)20-38-16-13-22(14-17-38)21-6-8-23(9-7-21)33(40)36(2)3/h6-12,15,18-19,22,26H,5,13-14,16-17,20H2,1-4H3,(H,35,39). The predicted molar refractivity (Wildman–Crippen MR) is 160 cm³/mol. The molecule has 2 aromatic carbocycles. The number of aromatic nitrogens is 2. The molecule has 40 heavy (non-hydrogen) atoms. The third kappa shape index (κ3) is 4.68. The van der Waals surface area contributed by atoms with Gasteiger partial charge in [0.1, 0.15) is 5.65 Å². The number of piperidine rings is 1. The van der Waals surface area contributed by atoms with E-state index in [2.05, 4.69) is 65.2 Å². The van der Waals surface area contributed by atoms with E-state index in [1.165, 1.54) is 11.3 Å². The molecule has 1 N–H and O–H groups in total. The van der Waals surface area contributed by atoms with Crippen molar-refractivity contribution in [1.29, 1.82) is 0 Å². The number of likely N-dealkylation sites (tertiary alicyclic amines) is 1. The smallest absolute Gasteiger partial charge is 0.253 e. The minimum Gasteiger partial charge on any atom is -0.345 e. The van der Waals surface area contributed by atoms with E-state index in [1.54, 1.807) is 19.0 Å². The summed E-state index contributed by atoms with van der Waals surface area (Å²) in [7, 11) is 5.68. The van der Waals surface area contributed by atoms with E-state index < -0.39 is 0 Å². The Bertz CT molecular complexity index is 1580. The second-order valence-corrected chi connectivity index (χ2v) is 11.4. The highest BCUT2D eigenvalue weighted by Gasteiger charge is 2.29. The van der Waals surface area contributed by atoms with Crippen LogP contribution in [0.5, 0.6) is 0 Å². The Hall–Kier alpha value is -3.97. The van der Waals surface area contributed by atoms with Crippen LogP contribution >= 0.6 is 0 Å². The van der Waals surface area contributed by atoms with Crippen molar-refractivity contribution in [3.63, 3.8) is 0 Å². The topological polar surface area (TPSA) is 70.5 Å². The Balaban J connectivity index is 1.18. The van der Waals surface area contributed by atoms with E-state index in [0.717, 1.165) is 77.9 Å². The SMILES string of the molecule is CCC1C(=O)Nc2ccc(-c3ccnc4c3cc(CN3CCC(c5ccc(C(=O)N(C)C)cc5)CC3)n4C)cc21. The largest absolute Gasteiger partial charge is 0.345 e. The first kappa shape index (κ1) is 26.3. The monoisotopic (exact) mass is 535 g/mol. The van der Waals surface area contributed by atoms with Crippen molar-refractivity contribution in [3.8, 4) is 11.1 Å². The van der Waals surface area contributed by atoms with Gasteiger partial charge in [0.25, 0.3) is 5.91 Å². The summed E-state index contributed by atoms with van der Waals surface area (Å²) in [4.78, 5) is 33.5. The summed E-state index contributed by atoms with van der Waals surface area (Å²) in [6, 6.07) is 18.9. The van der Waals surface area contributed by atoms with Gasteiger partial charge >= 0.3 is 0 Å². The molecule has 4 heterocycles. The zero-order valence-electron chi connectivity index (χ0n) is 23.8. The highest BCUT2D eigenvalue weighted by molar-refractivity contribution is 6.04. The van der Waals surface area contributed by atoms with E-state index in [1.807, 2.05) is 24.4 Å². The molecule has 1 unspecified atom stereocenters. The molecule has 0 spiro atoms. The summed E-state index contributed by atoms with van der Waals surface area (Å²) >= 11 is 0. The van der Waals surface area contributed by atoms with Gasteiger partial charge < -0.3 is 14.8 Å². The molecule has 0 saturated carbocycles. The number of pyridine rings is 1. The zero-order valence-corrected chi connectivity index (χ0v) is 23.8. The van der Waals surface area contributed by atoms with Gasteiger partial charge in [0.15, 0.2) is 0 Å². The number of amides is 2. The lowest BCUT2D eigenvalue weighted by atomic mass is 9.89. The van der Waals surface area contributed by atoms with Crippen molar-refractivity contribution in [3.05, 3.63) is 83.2 Å². The summed E-state index contributed by atoms with van der Waals surface area (Å²) < 4.78 is 2.22. The third-order valence-corrected chi connectivity index (χ3v) is 8.76. The molecule has 2 aromatic heterocycles. The summed E-state index contributed by atoms with van der Waals surface area (Å²) in [6.07, 6.45) is 4.89. The fourth-order valence-electron chi connectivity index (χ4n) is 6.38. The predicted octanol–water partition coefficient (Wildman–Crippen LogP) is 5.77. The fourth-order valence-corrected chi connectivity index (χ4v) is 6.38. The van der Waals surface area contributed by atoms with E-state index in [-0.39, 0.29) is 17.7 Å². The van der Waals surface area contributed by atoms with Crippen molar-refractivity contribution in [2.45, 2.75) is 44.6 Å². The summed E-state index contributed by atoms with van der Waals surface area (Å²) in [5.74, 6) is 0.577. The molecular weight excluding hydrogens is 498 g/mol. The minimum absolute atomic E-state index is 0.0439. The van der Waals surface area contributed by atoms with Crippen LogP contribution in [-0.4, -0.2) is 58.4 Å². The van der Waals surface area contributed by atoms with Crippen LogP contribution in [0, 0.1) is 0 Å². The molecule has 1 atom stereocenters. The average molecular weight is 536 g/mol. The number of benzene rings is 2. The number of rotatable bonds is 6. The molecule has 7 nitrogen and oxygen atoms in total. The molecule has 206 valence electrons. The van der Waals surface area contributed by atoms with E-state index in [0.29, 0.717) is 5.92 Å². The van der Waals surface area contributed by atoms with Gasteiger partial charge in [-0.1, -0.05) is 25.1 Å². The molecule has 2 aliphatic heterocycles. The summed E-state index contributed by atoms with van der Waals surface area (Å²) in [5.41, 5.74) is 8.60. The maximum atomic E-state index is 12.4. The van der Waals surface area contributed by atoms with Crippen LogP contribution in [0.1, 0.15) is 65.2 Å². The molecule has 0 radical (unpaired) electrons. The molecule has 0 bridgehead atoms. The van der Waals surface area contributed by atoms with E-state index >= 15 is 0 Å². The fraction of sp³-hybridized carbons (Fsp3) is 0.364. The van der Waals surface area contributed by atoms with Gasteiger partial charge in [0, 0.05) is 56.2 Å². The van der Waals surface area contributed by atoms with Crippen LogP contribution < -0.4 is 5.32 Å². The normalized spacial score (nSPS) is 17.7. The Morgan fingerprint density at radius 1 is 1.05 bits per heavy atom. The third-order valence-electron chi connectivity index (χ3n) is 8.76. The molecule has 4 aromatic rings. The van der Waals surface area contributed by atoms with Gasteiger partial charge in [-0.25, -0.2) is 4.98 Å². The number of carbonyl (C=O) groups is 2. The van der Waals surface area contributed by atoms with Crippen LogP contribution in [-0.2, 0) is 18.4 Å². The van der Waals surface area contributed by atoms with Crippen LogP contribution in [0.2, 0.25) is 0 Å². The number of fused-ring (bicyclic) bond motifs is 2. The highest BCUT2D eigenvalue weighted by Crippen LogP contribution is 2.39. The van der Waals surface area contributed by atoms with Gasteiger partial charge in [-0.05, 0) is 96.9 Å². The first-order chi connectivity index (χ1) is 19.3. The van der Waals surface area contributed by atoms with E-state index in [4.69, 9.17) is 4.98 Å². The number of nitrogens with one attached hydrogen (secondary N) is 1. The number of aryl methyl sites for hydroxylation is 1. The molecule has 1 fully saturated rings. The zero-order chi connectivity index (χ0) is 28.0. The van der Waals surface area contributed by atoms with Crippen LogP contribution in [0.25, 0.3) is 22.2 Å². The number of hydrogen-bond donors (Lipinski definition) is 1.